The fourth-order valence-electron chi connectivity index (χ4n) is 3.84. The molecule has 15 nitrogen and oxygen atoms in total. The highest BCUT2D eigenvalue weighted by Crippen LogP contribution is 2.56. The van der Waals surface area contributed by atoms with E-state index in [-0.39, 0.29) is 0 Å². The fourth-order valence-corrected chi connectivity index (χ4v) is 4.00. The zero-order valence-corrected chi connectivity index (χ0v) is 18.9. The molecule has 17 heteroatoms. The predicted octanol–water partition coefficient (Wildman–Crippen LogP) is 1.31. The van der Waals surface area contributed by atoms with Crippen molar-refractivity contribution in [2.24, 2.45) is 0 Å². The molecule has 0 saturated carbocycles. The molecule has 0 atom stereocenters. The van der Waals surface area contributed by atoms with Gasteiger partial charge in [0, 0.05) is 0 Å². The first kappa shape index (κ1) is 24.3. The standard InChI is InChI=1S/C21H11BClN3O12/c22-5-6(27)1-2-7(28)8(29)4(11(32)17(2)38-18(1)16(37)12(5)33)20-24-19(25-21(23)26-20)3-9(30)13(34)15(36)14(35)10(3)31/h27-37H. The van der Waals surface area contributed by atoms with Gasteiger partial charge in [0.2, 0.25) is 28.3 Å². The number of nitrogens with zero attached hydrogens (tertiary/aromatic N) is 3. The summed E-state index contributed by atoms with van der Waals surface area (Å²) in [7, 11) is 5.55. The molecule has 38 heavy (non-hydrogen) atoms. The summed E-state index contributed by atoms with van der Waals surface area (Å²) in [5, 5.41) is 111. The van der Waals surface area contributed by atoms with Crippen LogP contribution in [0.1, 0.15) is 0 Å². The largest absolute Gasteiger partial charge is 0.508 e. The molecule has 0 fully saturated rings. The molecule has 0 bridgehead atoms. The molecule has 3 aromatic carbocycles. The second-order valence-corrected chi connectivity index (χ2v) is 8.10. The molecule has 2 aromatic heterocycles. The molecule has 5 rings (SSSR count). The van der Waals surface area contributed by atoms with Crippen LogP contribution in [0.25, 0.3) is 44.7 Å². The van der Waals surface area contributed by atoms with Gasteiger partial charge in [-0.3, -0.25) is 0 Å². The summed E-state index contributed by atoms with van der Waals surface area (Å²) in [6.07, 6.45) is 0. The summed E-state index contributed by atoms with van der Waals surface area (Å²) in [6.45, 7) is 0. The van der Waals surface area contributed by atoms with Crippen LogP contribution in [0.15, 0.2) is 4.42 Å². The van der Waals surface area contributed by atoms with Gasteiger partial charge in [0.1, 0.15) is 24.7 Å². The molecule has 11 N–H and O–H groups in total. The van der Waals surface area contributed by atoms with Crippen LogP contribution in [0.2, 0.25) is 5.28 Å². The molecule has 2 radical (unpaired) electrons. The number of aromatic nitrogens is 3. The number of rotatable bonds is 2. The molecule has 192 valence electrons. The molecule has 0 saturated heterocycles. The van der Waals surface area contributed by atoms with Crippen LogP contribution >= 0.6 is 11.6 Å². The van der Waals surface area contributed by atoms with Crippen molar-refractivity contribution in [1.29, 1.82) is 0 Å². The highest BCUT2D eigenvalue weighted by molar-refractivity contribution is 6.39. The Labute approximate surface area is 214 Å². The van der Waals surface area contributed by atoms with E-state index in [1.165, 1.54) is 0 Å². The van der Waals surface area contributed by atoms with Crippen LogP contribution < -0.4 is 5.46 Å². The third kappa shape index (κ3) is 3.00. The number of hydrogen-bond acceptors (Lipinski definition) is 15. The van der Waals surface area contributed by atoms with Crippen molar-refractivity contribution in [3.8, 4) is 86.0 Å². The molecule has 2 heterocycles. The maximum Gasteiger partial charge on any atom is 0.226 e. The fraction of sp³-hybridized carbons (Fsp3) is 0. The minimum absolute atomic E-state index is 0.485. The lowest BCUT2D eigenvalue weighted by Crippen LogP contribution is -2.03. The van der Waals surface area contributed by atoms with Crippen molar-refractivity contribution in [3.63, 3.8) is 0 Å². The highest BCUT2D eigenvalue weighted by atomic mass is 35.5. The van der Waals surface area contributed by atoms with Crippen molar-refractivity contribution < 1.29 is 60.6 Å². The topological polar surface area (TPSA) is 274 Å². The van der Waals surface area contributed by atoms with Gasteiger partial charge in [0.15, 0.2) is 57.3 Å². The van der Waals surface area contributed by atoms with Crippen molar-refractivity contribution >= 4 is 46.8 Å². The third-order valence-corrected chi connectivity index (χ3v) is 5.84. The summed E-state index contributed by atoms with van der Waals surface area (Å²) >= 11 is 5.91. The number of phenols is 11. The molecule has 0 spiro atoms. The Bertz CT molecular complexity index is 1840. The van der Waals surface area contributed by atoms with Gasteiger partial charge >= 0.3 is 0 Å². The Kier molecular flexibility index (Phi) is 5.00. The number of benzene rings is 3. The van der Waals surface area contributed by atoms with Crippen LogP contribution in [-0.4, -0.2) is 79.0 Å². The van der Waals surface area contributed by atoms with Gasteiger partial charge in [0.05, 0.1) is 10.8 Å². The monoisotopic (exact) mass is 543 g/mol. The lowest BCUT2D eigenvalue weighted by Gasteiger charge is -2.13. The number of hydrogen-bond donors (Lipinski definition) is 11. The van der Waals surface area contributed by atoms with Crippen molar-refractivity contribution in [3.05, 3.63) is 5.28 Å². The lowest BCUT2D eigenvalue weighted by atomic mass is 9.90. The molecule has 0 aliphatic rings. The SMILES string of the molecule is [B]c1c(O)c(O)c2oc3c(O)c(-c4nc(Cl)nc(-c5c(O)c(O)c(O)c(O)c5O)n4)c(O)c(O)c3c2c1O. The van der Waals surface area contributed by atoms with Crippen LogP contribution in [0.5, 0.6) is 63.2 Å². The van der Waals surface area contributed by atoms with Gasteiger partial charge < -0.3 is 60.6 Å². The summed E-state index contributed by atoms with van der Waals surface area (Å²) in [5.74, 6) is -13.6. The average Bonchev–Trinajstić information content (AvgIpc) is 3.28. The second-order valence-electron chi connectivity index (χ2n) is 7.76. The van der Waals surface area contributed by atoms with Crippen molar-refractivity contribution in [2.45, 2.75) is 0 Å². The number of aromatic hydroxyl groups is 11. The summed E-state index contributed by atoms with van der Waals surface area (Å²) in [4.78, 5) is 11.2. The summed E-state index contributed by atoms with van der Waals surface area (Å²) in [6, 6.07) is 0. The van der Waals surface area contributed by atoms with Gasteiger partial charge in [-0.25, -0.2) is 4.98 Å². The van der Waals surface area contributed by atoms with E-state index in [0.29, 0.717) is 0 Å². The van der Waals surface area contributed by atoms with Crippen molar-refractivity contribution in [1.82, 2.24) is 15.0 Å². The van der Waals surface area contributed by atoms with E-state index in [2.05, 4.69) is 15.0 Å². The second kappa shape index (κ2) is 7.81. The van der Waals surface area contributed by atoms with Gasteiger partial charge in [-0.05, 0) is 17.1 Å². The van der Waals surface area contributed by atoms with Gasteiger partial charge in [-0.2, -0.15) is 9.97 Å². The van der Waals surface area contributed by atoms with Crippen LogP contribution in [0, 0.1) is 0 Å². The Morgan fingerprint density at radius 2 is 0.895 bits per heavy atom. The minimum Gasteiger partial charge on any atom is -0.508 e. The number of furan rings is 1. The normalized spacial score (nSPS) is 11.5. The molecule has 5 aromatic rings. The van der Waals surface area contributed by atoms with Crippen molar-refractivity contribution in [2.75, 3.05) is 0 Å². The van der Waals surface area contributed by atoms with E-state index >= 15 is 0 Å². The van der Waals surface area contributed by atoms with E-state index < -0.39 is 119 Å². The number of phenolic OH excluding ortho intramolecular Hbond substituents is 11. The molecular formula is C21H11BClN3O12. The van der Waals surface area contributed by atoms with E-state index in [9.17, 15) is 56.2 Å². The van der Waals surface area contributed by atoms with E-state index in [1.807, 2.05) is 0 Å². The molecule has 0 aliphatic carbocycles. The number of fused-ring (bicyclic) bond motifs is 3. The Morgan fingerprint density at radius 3 is 1.45 bits per heavy atom. The minimum atomic E-state index is -1.27. The maximum absolute atomic E-state index is 10.9. The average molecular weight is 544 g/mol. The first-order valence-electron chi connectivity index (χ1n) is 9.94. The molecule has 0 unspecified atom stereocenters. The quantitative estimate of drug-likeness (QED) is 0.0850. The molecule has 0 aliphatic heterocycles. The van der Waals surface area contributed by atoms with Gasteiger partial charge in [0.25, 0.3) is 0 Å². The first-order chi connectivity index (χ1) is 17.8. The lowest BCUT2D eigenvalue weighted by molar-refractivity contribution is 0.329. The summed E-state index contributed by atoms with van der Waals surface area (Å²) < 4.78 is 5.33. The third-order valence-electron chi connectivity index (χ3n) is 5.67. The zero-order valence-electron chi connectivity index (χ0n) is 18.1. The Balaban J connectivity index is 1.86. The van der Waals surface area contributed by atoms with E-state index in [0.717, 1.165) is 0 Å². The molecule has 0 amide bonds. The van der Waals surface area contributed by atoms with Crippen LogP contribution in [0.4, 0.5) is 0 Å². The predicted molar refractivity (Wildman–Crippen MR) is 127 cm³/mol. The van der Waals surface area contributed by atoms with Crippen LogP contribution in [-0.2, 0) is 0 Å². The molecular weight excluding hydrogens is 533 g/mol. The summed E-state index contributed by atoms with van der Waals surface area (Å²) in [5.41, 5.74) is -3.62. The zero-order chi connectivity index (χ0) is 28.0. The Hall–Kier alpha value is -5.38. The maximum atomic E-state index is 10.9. The smallest absolute Gasteiger partial charge is 0.226 e. The number of halogens is 1. The van der Waals surface area contributed by atoms with Gasteiger partial charge in [-0.15, -0.1) is 0 Å². The first-order valence-corrected chi connectivity index (χ1v) is 10.3. The van der Waals surface area contributed by atoms with Crippen LogP contribution in [0.3, 0.4) is 0 Å². The Morgan fingerprint density at radius 1 is 0.474 bits per heavy atom. The van der Waals surface area contributed by atoms with E-state index in [1.54, 1.807) is 0 Å². The van der Waals surface area contributed by atoms with E-state index in [4.69, 9.17) is 23.9 Å². The van der Waals surface area contributed by atoms with Gasteiger partial charge in [-0.1, -0.05) is 0 Å². The highest BCUT2D eigenvalue weighted by Gasteiger charge is 2.32.